The Kier molecular flexibility index (Phi) is 7.52. The smallest absolute Gasteiger partial charge is 0.218 e. The molecule has 1 N–H and O–H groups in total. The lowest BCUT2D eigenvalue weighted by atomic mass is 10.2. The van der Waals surface area contributed by atoms with Crippen LogP contribution in [-0.2, 0) is 11.2 Å². The van der Waals surface area contributed by atoms with Crippen LogP contribution in [0.3, 0.4) is 0 Å². The average Bonchev–Trinajstić information content (AvgIpc) is 1.55. The van der Waals surface area contributed by atoms with Crippen molar-refractivity contribution >= 4 is 46.0 Å². The van der Waals surface area contributed by atoms with Gasteiger partial charge in [0.2, 0.25) is 3.79 Å². The molecule has 0 aliphatic rings. The first-order valence-corrected chi connectivity index (χ1v) is 6.12. The predicted octanol–water partition coefficient (Wildman–Crippen LogP) is 2.12. The van der Waals surface area contributed by atoms with Crippen molar-refractivity contribution in [2.24, 2.45) is 0 Å². The number of hydrogen-bond donors (Lipinski definition) is 1. The zero-order chi connectivity index (χ0) is 10.6. The number of aliphatic hydroxyl groups is 1. The summed E-state index contributed by atoms with van der Waals surface area (Å²) in [4.78, 5) is 0. The maximum atomic E-state index is 9.56. The summed E-state index contributed by atoms with van der Waals surface area (Å²) in [6.45, 7) is 2.86. The summed E-state index contributed by atoms with van der Waals surface area (Å²) in [6.07, 6.45) is 3.28. The second-order valence-electron chi connectivity index (χ2n) is 2.80. The molecule has 0 aromatic heterocycles. The fraction of sp³-hybridized carbons (Fsp3) is 1.00. The molecule has 0 fully saturated rings. The topological polar surface area (TPSA) is 43.3 Å². The van der Waals surface area contributed by atoms with E-state index in [1.54, 1.807) is 12.5 Å². The normalized spacial score (nSPS) is 12.5. The molecular weight excluding hydrogens is 242 g/mol. The first kappa shape index (κ1) is 15.6. The van der Waals surface area contributed by atoms with Gasteiger partial charge in [0.1, 0.15) is 5.60 Å². The van der Waals surface area contributed by atoms with Crippen LogP contribution in [0.2, 0.25) is 0 Å². The Morgan fingerprint density at radius 3 is 1.25 bits per heavy atom. The highest BCUT2D eigenvalue weighted by Crippen LogP contribution is 2.37. The third kappa shape index (κ3) is 11.1. The summed E-state index contributed by atoms with van der Waals surface area (Å²) < 4.78 is 7.97. The maximum Gasteiger partial charge on any atom is 0.218 e. The van der Waals surface area contributed by atoms with Crippen LogP contribution in [0.4, 0.5) is 0 Å². The van der Waals surface area contributed by atoms with Gasteiger partial charge in [-0.05, 0) is 13.8 Å². The van der Waals surface area contributed by atoms with Gasteiger partial charge in [-0.25, -0.2) is 0 Å². The largest absolute Gasteiger partial charge is 0.617 e. The Bertz CT molecular complexity index is 102. The third-order valence-electron chi connectivity index (χ3n) is 0.694. The van der Waals surface area contributed by atoms with Gasteiger partial charge in [-0.3, -0.25) is 0 Å². The molecule has 0 rings (SSSR count). The lowest BCUT2D eigenvalue weighted by Crippen LogP contribution is -2.35. The van der Waals surface area contributed by atoms with Crippen LogP contribution < -0.4 is 0 Å². The quantitative estimate of drug-likeness (QED) is 0.532. The molecule has 12 heavy (non-hydrogen) atoms. The monoisotopic (exact) mass is 254 g/mol. The van der Waals surface area contributed by atoms with Gasteiger partial charge in [0.15, 0.2) is 0 Å². The standard InChI is InChI=1S/C4H7Cl3O.C2H6OS/c1-3(2,8)4(5,6)7;1-4(2)3/h8H,1-2H3;1-2H3. The highest BCUT2D eigenvalue weighted by Gasteiger charge is 2.38. The number of alkyl halides is 3. The molecule has 2 nitrogen and oxygen atoms in total. The van der Waals surface area contributed by atoms with Crippen LogP contribution in [0.15, 0.2) is 0 Å². The summed E-state index contributed by atoms with van der Waals surface area (Å²) >= 11 is 15.3. The molecule has 0 unspecified atom stereocenters. The fourth-order valence-corrected chi connectivity index (χ4v) is 0. The van der Waals surface area contributed by atoms with E-state index in [9.17, 15) is 4.55 Å². The van der Waals surface area contributed by atoms with Gasteiger partial charge in [-0.1, -0.05) is 46.0 Å². The van der Waals surface area contributed by atoms with Crippen LogP contribution in [0.25, 0.3) is 0 Å². The van der Waals surface area contributed by atoms with E-state index in [1.807, 2.05) is 0 Å². The molecule has 0 aliphatic heterocycles. The number of hydrogen-bond acceptors (Lipinski definition) is 2. The Balaban J connectivity index is 0. The SMILES string of the molecule is CC(C)(O)C(Cl)(Cl)Cl.C[S+](C)[O-]. The molecule has 76 valence electrons. The minimum atomic E-state index is -1.59. The van der Waals surface area contributed by atoms with E-state index in [4.69, 9.17) is 39.9 Å². The van der Waals surface area contributed by atoms with Crippen LogP contribution >= 0.6 is 34.8 Å². The summed E-state index contributed by atoms with van der Waals surface area (Å²) in [7, 11) is 0. The van der Waals surface area contributed by atoms with E-state index in [0.717, 1.165) is 0 Å². The van der Waals surface area contributed by atoms with Crippen LogP contribution in [0.1, 0.15) is 13.8 Å². The van der Waals surface area contributed by atoms with E-state index in [-0.39, 0.29) is 0 Å². The van der Waals surface area contributed by atoms with Crippen molar-refractivity contribution in [2.45, 2.75) is 23.2 Å². The number of rotatable bonds is 0. The molecule has 0 aromatic carbocycles. The third-order valence-corrected chi connectivity index (χ3v) is 2.08. The number of halogens is 3. The Labute approximate surface area is 91.4 Å². The van der Waals surface area contributed by atoms with Crippen molar-refractivity contribution < 1.29 is 9.66 Å². The molecule has 0 radical (unpaired) electrons. The van der Waals surface area contributed by atoms with Gasteiger partial charge in [-0.15, -0.1) is 0 Å². The molecule has 0 bridgehead atoms. The van der Waals surface area contributed by atoms with E-state index >= 15 is 0 Å². The minimum absolute atomic E-state index is 0.611. The van der Waals surface area contributed by atoms with E-state index < -0.39 is 20.6 Å². The van der Waals surface area contributed by atoms with E-state index in [0.29, 0.717) is 0 Å². The Morgan fingerprint density at radius 2 is 1.25 bits per heavy atom. The predicted molar refractivity (Wildman–Crippen MR) is 56.6 cm³/mol. The first-order valence-electron chi connectivity index (χ1n) is 3.02. The summed E-state index contributed by atoms with van der Waals surface area (Å²) in [5.74, 6) is 0. The Morgan fingerprint density at radius 1 is 1.17 bits per heavy atom. The van der Waals surface area contributed by atoms with Crippen molar-refractivity contribution in [3.8, 4) is 0 Å². The molecule has 0 saturated heterocycles. The molecule has 0 saturated carbocycles. The molecule has 0 aromatic rings. The molecule has 0 amide bonds. The van der Waals surface area contributed by atoms with Crippen LogP contribution in [0.5, 0.6) is 0 Å². The maximum absolute atomic E-state index is 9.56. The zero-order valence-corrected chi connectivity index (χ0v) is 10.5. The molecule has 0 atom stereocenters. The van der Waals surface area contributed by atoms with Gasteiger partial charge in [0, 0.05) is 0 Å². The van der Waals surface area contributed by atoms with Gasteiger partial charge in [0.25, 0.3) is 0 Å². The van der Waals surface area contributed by atoms with Crippen LogP contribution in [-0.4, -0.2) is 31.6 Å². The second-order valence-corrected chi connectivity index (χ2v) is 6.56. The van der Waals surface area contributed by atoms with Crippen molar-refractivity contribution in [1.29, 1.82) is 0 Å². The lowest BCUT2D eigenvalue weighted by Gasteiger charge is -2.25. The van der Waals surface area contributed by atoms with Crippen molar-refractivity contribution in [3.05, 3.63) is 0 Å². The Hall–Kier alpha value is 1.14. The summed E-state index contributed by atoms with van der Waals surface area (Å²) in [5, 5.41) is 8.96. The summed E-state index contributed by atoms with van der Waals surface area (Å²) in [6, 6.07) is 0. The minimum Gasteiger partial charge on any atom is -0.617 e. The van der Waals surface area contributed by atoms with E-state index in [2.05, 4.69) is 0 Å². The van der Waals surface area contributed by atoms with Crippen molar-refractivity contribution in [2.75, 3.05) is 12.5 Å². The molecule has 0 heterocycles. The second kappa shape index (κ2) is 5.78. The lowest BCUT2D eigenvalue weighted by molar-refractivity contribution is 0.0847. The zero-order valence-electron chi connectivity index (χ0n) is 7.40. The fourth-order valence-electron chi connectivity index (χ4n) is 0. The summed E-state index contributed by atoms with van der Waals surface area (Å²) in [5.41, 5.74) is -1.27. The van der Waals surface area contributed by atoms with Gasteiger partial charge >= 0.3 is 0 Å². The van der Waals surface area contributed by atoms with Crippen molar-refractivity contribution in [1.82, 2.24) is 0 Å². The molecule has 6 heteroatoms. The average molecular weight is 256 g/mol. The molecule has 0 spiro atoms. The van der Waals surface area contributed by atoms with Crippen molar-refractivity contribution in [3.63, 3.8) is 0 Å². The van der Waals surface area contributed by atoms with Gasteiger partial charge in [0.05, 0.1) is 12.5 Å². The van der Waals surface area contributed by atoms with E-state index in [1.165, 1.54) is 13.8 Å². The highest BCUT2D eigenvalue weighted by atomic mass is 35.6. The van der Waals surface area contributed by atoms with Gasteiger partial charge in [-0.2, -0.15) is 0 Å². The molecular formula is C6H13Cl3O2S. The molecule has 0 aliphatic carbocycles. The van der Waals surface area contributed by atoms with Crippen LogP contribution in [0, 0.1) is 0 Å². The highest BCUT2D eigenvalue weighted by molar-refractivity contribution is 7.89. The first-order chi connectivity index (χ1) is 4.98. The van der Waals surface area contributed by atoms with Gasteiger partial charge < -0.3 is 9.66 Å².